The molecular weight excluding hydrogens is 285 g/mol. The van der Waals surface area contributed by atoms with Gasteiger partial charge in [-0.25, -0.2) is 4.39 Å². The highest BCUT2D eigenvalue weighted by atomic mass is 35.5. The first-order valence-corrected chi connectivity index (χ1v) is 6.86. The van der Waals surface area contributed by atoms with Gasteiger partial charge in [0.15, 0.2) is 5.11 Å². The summed E-state index contributed by atoms with van der Waals surface area (Å²) in [5.74, 6) is -0.369. The van der Waals surface area contributed by atoms with Gasteiger partial charge in [0.05, 0.1) is 10.7 Å². The van der Waals surface area contributed by atoms with Crippen molar-refractivity contribution in [1.29, 1.82) is 0 Å². The van der Waals surface area contributed by atoms with Crippen molar-refractivity contribution in [2.24, 2.45) is 5.10 Å². The van der Waals surface area contributed by atoms with Gasteiger partial charge in [0.25, 0.3) is 0 Å². The molecule has 0 bridgehead atoms. The maximum absolute atomic E-state index is 12.9. The average Bonchev–Trinajstić information content (AvgIpc) is 2.36. The first kappa shape index (κ1) is 15.9. The van der Waals surface area contributed by atoms with E-state index in [1.807, 2.05) is 0 Å². The molecule has 0 saturated heterocycles. The summed E-state index contributed by atoms with van der Waals surface area (Å²) >= 11 is 11.0. The van der Waals surface area contributed by atoms with E-state index in [0.717, 1.165) is 19.4 Å². The topological polar surface area (TPSA) is 36.4 Å². The van der Waals surface area contributed by atoms with E-state index in [0.29, 0.717) is 21.4 Å². The van der Waals surface area contributed by atoms with Gasteiger partial charge >= 0.3 is 0 Å². The third-order valence-electron chi connectivity index (χ3n) is 2.46. The monoisotopic (exact) mass is 301 g/mol. The minimum absolute atomic E-state index is 0.327. The molecule has 2 N–H and O–H groups in total. The largest absolute Gasteiger partial charge is 0.361 e. The molecule has 0 saturated carbocycles. The van der Waals surface area contributed by atoms with E-state index < -0.39 is 0 Å². The molecule has 19 heavy (non-hydrogen) atoms. The van der Waals surface area contributed by atoms with Crippen LogP contribution in [0.15, 0.2) is 23.3 Å². The molecular formula is C13H17ClFN3S. The predicted octanol–water partition coefficient (Wildman–Crippen LogP) is 3.47. The van der Waals surface area contributed by atoms with Crippen LogP contribution in [0.4, 0.5) is 4.39 Å². The van der Waals surface area contributed by atoms with E-state index in [9.17, 15) is 4.39 Å². The molecule has 0 unspecified atom stereocenters. The number of hydrazone groups is 1. The zero-order chi connectivity index (χ0) is 14.3. The first-order valence-electron chi connectivity index (χ1n) is 6.08. The summed E-state index contributed by atoms with van der Waals surface area (Å²) in [6.45, 7) is 4.70. The minimum atomic E-state index is -0.369. The van der Waals surface area contributed by atoms with E-state index in [4.69, 9.17) is 23.8 Å². The van der Waals surface area contributed by atoms with Gasteiger partial charge in [0, 0.05) is 12.1 Å². The third-order valence-corrected chi connectivity index (χ3v) is 3.01. The molecule has 1 rings (SSSR count). The lowest BCUT2D eigenvalue weighted by atomic mass is 10.1. The van der Waals surface area contributed by atoms with Crippen LogP contribution in [0.2, 0.25) is 5.02 Å². The fourth-order valence-corrected chi connectivity index (χ4v) is 1.85. The van der Waals surface area contributed by atoms with Crippen LogP contribution in [0.3, 0.4) is 0 Å². The average molecular weight is 302 g/mol. The molecule has 0 heterocycles. The van der Waals surface area contributed by atoms with E-state index in [1.165, 1.54) is 12.1 Å². The summed E-state index contributed by atoms with van der Waals surface area (Å²) in [6.07, 6.45) is 2.15. The second-order valence-corrected chi connectivity index (χ2v) is 4.86. The zero-order valence-electron chi connectivity index (χ0n) is 11.0. The third kappa shape index (κ3) is 5.53. The van der Waals surface area contributed by atoms with Crippen molar-refractivity contribution in [2.45, 2.75) is 26.7 Å². The van der Waals surface area contributed by atoms with Gasteiger partial charge in [-0.2, -0.15) is 5.10 Å². The van der Waals surface area contributed by atoms with E-state index in [2.05, 4.69) is 22.8 Å². The molecule has 1 aromatic carbocycles. The van der Waals surface area contributed by atoms with Crippen molar-refractivity contribution >= 4 is 34.6 Å². The quantitative estimate of drug-likeness (QED) is 0.378. The normalized spacial score (nSPS) is 11.3. The molecule has 0 aliphatic heterocycles. The Bertz CT molecular complexity index is 477. The van der Waals surface area contributed by atoms with Crippen molar-refractivity contribution in [3.05, 3.63) is 34.6 Å². The maximum atomic E-state index is 12.9. The highest BCUT2D eigenvalue weighted by Gasteiger charge is 2.05. The molecule has 0 atom stereocenters. The predicted molar refractivity (Wildman–Crippen MR) is 82.3 cm³/mol. The zero-order valence-corrected chi connectivity index (χ0v) is 12.5. The standard InChI is InChI=1S/C13H17ClFN3S/c1-3-4-7-16-13(19)18-17-9(2)11-6-5-10(15)8-12(11)14/h5-6,8H,3-4,7H2,1-2H3,(H2,16,18,19)/b17-9-. The van der Waals surface area contributed by atoms with Crippen LogP contribution in [0.5, 0.6) is 0 Å². The number of nitrogens with one attached hydrogen (secondary N) is 2. The van der Waals surface area contributed by atoms with Crippen LogP contribution in [-0.4, -0.2) is 17.4 Å². The fourth-order valence-electron chi connectivity index (χ4n) is 1.40. The van der Waals surface area contributed by atoms with Crippen LogP contribution >= 0.6 is 23.8 Å². The van der Waals surface area contributed by atoms with Crippen LogP contribution in [-0.2, 0) is 0 Å². The molecule has 0 aliphatic carbocycles. The minimum Gasteiger partial charge on any atom is -0.361 e. The van der Waals surface area contributed by atoms with Crippen LogP contribution < -0.4 is 10.7 Å². The van der Waals surface area contributed by atoms with Gasteiger partial charge in [0.2, 0.25) is 0 Å². The van der Waals surface area contributed by atoms with Crippen molar-refractivity contribution in [2.75, 3.05) is 6.54 Å². The Kier molecular flexibility index (Phi) is 6.73. The number of nitrogens with zero attached hydrogens (tertiary/aromatic N) is 1. The van der Waals surface area contributed by atoms with Crippen molar-refractivity contribution in [3.63, 3.8) is 0 Å². The van der Waals surface area contributed by atoms with Gasteiger partial charge < -0.3 is 5.32 Å². The summed E-state index contributed by atoms with van der Waals surface area (Å²) in [5.41, 5.74) is 4.05. The number of hydrogen-bond donors (Lipinski definition) is 2. The Morgan fingerprint density at radius 2 is 2.21 bits per heavy atom. The highest BCUT2D eigenvalue weighted by Crippen LogP contribution is 2.17. The van der Waals surface area contributed by atoms with Crippen molar-refractivity contribution < 1.29 is 4.39 Å². The number of benzene rings is 1. The SMILES string of the molecule is CCCCNC(=S)N/N=C(/C)c1ccc(F)cc1Cl. The smallest absolute Gasteiger partial charge is 0.186 e. The molecule has 0 aliphatic rings. The summed E-state index contributed by atoms with van der Waals surface area (Å²) in [7, 11) is 0. The van der Waals surface area contributed by atoms with E-state index in [1.54, 1.807) is 13.0 Å². The van der Waals surface area contributed by atoms with Gasteiger partial charge in [-0.1, -0.05) is 24.9 Å². The lowest BCUT2D eigenvalue weighted by Gasteiger charge is -2.08. The highest BCUT2D eigenvalue weighted by molar-refractivity contribution is 7.80. The Hall–Kier alpha value is -1.20. The first-order chi connectivity index (χ1) is 9.04. The number of halogens is 2. The fraction of sp³-hybridized carbons (Fsp3) is 0.385. The Morgan fingerprint density at radius 3 is 2.84 bits per heavy atom. The lowest BCUT2D eigenvalue weighted by molar-refractivity contribution is 0.628. The molecule has 1 aromatic rings. The van der Waals surface area contributed by atoms with E-state index in [-0.39, 0.29) is 5.82 Å². The summed E-state index contributed by atoms with van der Waals surface area (Å²) in [6, 6.07) is 4.19. The van der Waals surface area contributed by atoms with Gasteiger partial charge in [-0.15, -0.1) is 0 Å². The number of rotatable bonds is 5. The maximum Gasteiger partial charge on any atom is 0.186 e. The Labute approximate surface area is 123 Å². The summed E-state index contributed by atoms with van der Waals surface area (Å²) in [4.78, 5) is 0. The number of thiocarbonyl (C=S) groups is 1. The van der Waals surface area contributed by atoms with Gasteiger partial charge in [-0.3, -0.25) is 5.43 Å². The summed E-state index contributed by atoms with van der Waals surface area (Å²) in [5, 5.41) is 7.94. The second kappa shape index (κ2) is 8.07. The molecule has 6 heteroatoms. The van der Waals surface area contributed by atoms with E-state index >= 15 is 0 Å². The van der Waals surface area contributed by atoms with Crippen molar-refractivity contribution in [1.82, 2.24) is 10.7 Å². The molecule has 0 fully saturated rings. The van der Waals surface area contributed by atoms with Crippen LogP contribution in [0, 0.1) is 5.82 Å². The number of hydrogen-bond acceptors (Lipinski definition) is 2. The Morgan fingerprint density at radius 1 is 1.47 bits per heavy atom. The number of unbranched alkanes of at least 4 members (excludes halogenated alkanes) is 1. The summed E-state index contributed by atoms with van der Waals surface area (Å²) < 4.78 is 12.9. The Balaban J connectivity index is 2.59. The molecule has 0 aromatic heterocycles. The van der Waals surface area contributed by atoms with Crippen molar-refractivity contribution in [3.8, 4) is 0 Å². The molecule has 0 radical (unpaired) electrons. The molecule has 3 nitrogen and oxygen atoms in total. The molecule has 104 valence electrons. The van der Waals surface area contributed by atoms with Gasteiger partial charge in [0.1, 0.15) is 5.82 Å². The lowest BCUT2D eigenvalue weighted by Crippen LogP contribution is -2.33. The van der Waals surface area contributed by atoms with Crippen LogP contribution in [0.1, 0.15) is 32.3 Å². The second-order valence-electron chi connectivity index (χ2n) is 4.04. The molecule has 0 spiro atoms. The molecule has 0 amide bonds. The van der Waals surface area contributed by atoms with Gasteiger partial charge in [-0.05, 0) is 43.8 Å². The van der Waals surface area contributed by atoms with Crippen LogP contribution in [0.25, 0.3) is 0 Å².